The number of benzene rings is 3. The van der Waals surface area contributed by atoms with E-state index in [0.29, 0.717) is 36.3 Å². The van der Waals surface area contributed by atoms with Crippen molar-refractivity contribution in [1.82, 2.24) is 5.32 Å². The van der Waals surface area contributed by atoms with Crippen LogP contribution in [-0.4, -0.2) is 43.3 Å². The molecular formula is C27H30F3N3O4. The van der Waals surface area contributed by atoms with Crippen molar-refractivity contribution in [3.63, 3.8) is 0 Å². The average molecular weight is 518 g/mol. The topological polar surface area (TPSA) is 117 Å². The zero-order valence-electron chi connectivity index (χ0n) is 20.4. The maximum absolute atomic E-state index is 12.9. The van der Waals surface area contributed by atoms with Gasteiger partial charge in [0.15, 0.2) is 0 Å². The summed E-state index contributed by atoms with van der Waals surface area (Å²) in [5.74, 6) is -2.23. The Kier molecular flexibility index (Phi) is 9.48. The van der Waals surface area contributed by atoms with Crippen LogP contribution in [0, 0.1) is 6.92 Å². The molecule has 0 radical (unpaired) electrons. The van der Waals surface area contributed by atoms with Gasteiger partial charge in [0, 0.05) is 5.39 Å². The molecule has 0 aromatic heterocycles. The molecule has 3 aromatic rings. The number of fused-ring (bicyclic) bond motifs is 1. The number of carbonyl (C=O) groups is 2. The Bertz CT molecular complexity index is 1230. The molecule has 0 saturated heterocycles. The van der Waals surface area contributed by atoms with Crippen LogP contribution >= 0.6 is 0 Å². The Labute approximate surface area is 212 Å². The maximum atomic E-state index is 12.9. The molecule has 0 fully saturated rings. The van der Waals surface area contributed by atoms with Crippen LogP contribution in [0.4, 0.5) is 13.2 Å². The van der Waals surface area contributed by atoms with Crippen LogP contribution in [0.25, 0.3) is 10.8 Å². The van der Waals surface area contributed by atoms with Gasteiger partial charge < -0.3 is 26.3 Å². The van der Waals surface area contributed by atoms with Crippen LogP contribution in [0.5, 0.6) is 11.5 Å². The minimum absolute atomic E-state index is 0.138. The minimum atomic E-state index is -5.09. The van der Waals surface area contributed by atoms with Crippen molar-refractivity contribution in [3.05, 3.63) is 71.8 Å². The van der Waals surface area contributed by atoms with Crippen molar-refractivity contribution < 1.29 is 32.2 Å². The molecule has 0 aliphatic carbocycles. The Morgan fingerprint density at radius 2 is 1.78 bits per heavy atom. The predicted molar refractivity (Wildman–Crippen MR) is 134 cm³/mol. The van der Waals surface area contributed by atoms with Gasteiger partial charge in [0.1, 0.15) is 18.1 Å². The third-order valence-corrected chi connectivity index (χ3v) is 5.83. The number of aryl methyl sites for hydroxylation is 1. The molecule has 0 saturated carbocycles. The van der Waals surface area contributed by atoms with Gasteiger partial charge in [-0.25, -0.2) is 4.79 Å². The largest absolute Gasteiger partial charge is 0.491 e. The minimum Gasteiger partial charge on any atom is -0.491 e. The molecule has 10 heteroatoms. The average Bonchev–Trinajstić information content (AvgIpc) is 2.86. The fraction of sp³-hybridized carbons (Fsp3) is 0.333. The molecule has 5 N–H and O–H groups in total. The Hall–Kier alpha value is -3.63. The van der Waals surface area contributed by atoms with Crippen LogP contribution in [0.2, 0.25) is 0 Å². The van der Waals surface area contributed by atoms with E-state index in [0.717, 1.165) is 10.8 Å². The molecule has 0 spiro atoms. The summed E-state index contributed by atoms with van der Waals surface area (Å²) in [6.45, 7) is 2.31. The molecule has 1 amide bonds. The van der Waals surface area contributed by atoms with Crippen molar-refractivity contribution in [2.24, 2.45) is 11.5 Å². The lowest BCUT2D eigenvalue weighted by Gasteiger charge is -2.22. The fourth-order valence-electron chi connectivity index (χ4n) is 3.84. The summed E-state index contributed by atoms with van der Waals surface area (Å²) in [5.41, 5.74) is 13.0. The van der Waals surface area contributed by atoms with E-state index < -0.39 is 24.1 Å². The first-order chi connectivity index (χ1) is 17.6. The number of rotatable bonds is 11. The zero-order valence-corrected chi connectivity index (χ0v) is 20.4. The summed E-state index contributed by atoms with van der Waals surface area (Å²) < 4.78 is 47.7. The van der Waals surface area contributed by atoms with Gasteiger partial charge in [0.2, 0.25) is 5.91 Å². The van der Waals surface area contributed by atoms with E-state index >= 15 is 0 Å². The second-order valence-corrected chi connectivity index (χ2v) is 8.71. The fourth-order valence-corrected chi connectivity index (χ4v) is 3.84. The van der Waals surface area contributed by atoms with Gasteiger partial charge >= 0.3 is 12.1 Å². The van der Waals surface area contributed by atoms with E-state index in [4.69, 9.17) is 16.2 Å². The van der Waals surface area contributed by atoms with E-state index in [-0.39, 0.29) is 24.8 Å². The first kappa shape index (κ1) is 27.9. The maximum Gasteiger partial charge on any atom is 0.491 e. The van der Waals surface area contributed by atoms with E-state index in [1.807, 2.05) is 42.5 Å². The molecule has 0 aliphatic heterocycles. The molecule has 0 bridgehead atoms. The highest BCUT2D eigenvalue weighted by molar-refractivity contribution is 5.88. The molecule has 0 heterocycles. The monoisotopic (exact) mass is 517 g/mol. The predicted octanol–water partition coefficient (Wildman–Crippen LogP) is 3.79. The molecule has 37 heavy (non-hydrogen) atoms. The number of nitrogens with two attached hydrogens (primary N) is 2. The van der Waals surface area contributed by atoms with E-state index in [9.17, 15) is 22.8 Å². The number of ether oxygens (including phenoxy) is 2. The summed E-state index contributed by atoms with van der Waals surface area (Å²) >= 11 is 0. The summed E-state index contributed by atoms with van der Waals surface area (Å²) in [5, 5.41) is 4.93. The second-order valence-electron chi connectivity index (χ2n) is 8.71. The van der Waals surface area contributed by atoms with E-state index in [2.05, 4.69) is 10.1 Å². The number of alkyl halides is 3. The van der Waals surface area contributed by atoms with Crippen molar-refractivity contribution in [2.75, 3.05) is 13.2 Å². The standard InChI is InChI=1S/C27H30F3N3O4/c1-17-14-21(37-26(35)27(28,29)30)12-11-19(17)15-23(32)25(34)33-20(8-5-13-31)16-36-24-10-4-7-18-6-2-3-9-22(18)24/h2-4,6-7,9-12,14,20,23H,5,8,13,15-16,31-32H2,1H3,(H,33,34)/t20-,23-/m0/s1. The number of carbonyl (C=O) groups excluding carboxylic acids is 2. The van der Waals surface area contributed by atoms with Gasteiger partial charge in [-0.05, 0) is 67.4 Å². The van der Waals surface area contributed by atoms with Crippen LogP contribution in [0.15, 0.2) is 60.7 Å². The number of hydrogen-bond acceptors (Lipinski definition) is 6. The van der Waals surface area contributed by atoms with Gasteiger partial charge in [-0.3, -0.25) is 4.79 Å². The summed E-state index contributed by atoms with van der Waals surface area (Å²) in [6.07, 6.45) is -3.68. The van der Waals surface area contributed by atoms with Crippen molar-refractivity contribution in [1.29, 1.82) is 0 Å². The normalized spacial score (nSPS) is 13.1. The van der Waals surface area contributed by atoms with Gasteiger partial charge in [-0.2, -0.15) is 13.2 Å². The molecular weight excluding hydrogens is 487 g/mol. The van der Waals surface area contributed by atoms with E-state index in [1.54, 1.807) is 6.92 Å². The summed E-state index contributed by atoms with van der Waals surface area (Å²) in [6, 6.07) is 16.4. The van der Waals surface area contributed by atoms with Gasteiger partial charge in [0.05, 0.1) is 12.1 Å². The molecule has 3 rings (SSSR count). The summed E-state index contributed by atoms with van der Waals surface area (Å²) in [4.78, 5) is 23.9. The molecule has 0 unspecified atom stereocenters. The number of halogens is 3. The van der Waals surface area contributed by atoms with Crippen LogP contribution < -0.4 is 26.3 Å². The Balaban J connectivity index is 1.61. The molecule has 3 aromatic carbocycles. The highest BCUT2D eigenvalue weighted by atomic mass is 19.4. The molecule has 7 nitrogen and oxygen atoms in total. The number of esters is 1. The lowest BCUT2D eigenvalue weighted by molar-refractivity contribution is -0.189. The van der Waals surface area contributed by atoms with Gasteiger partial charge in [-0.1, -0.05) is 42.5 Å². The third kappa shape index (κ3) is 7.93. The first-order valence-electron chi connectivity index (χ1n) is 11.8. The smallest absolute Gasteiger partial charge is 0.491 e. The Morgan fingerprint density at radius 3 is 2.49 bits per heavy atom. The second kappa shape index (κ2) is 12.6. The van der Waals surface area contributed by atoms with E-state index in [1.165, 1.54) is 18.2 Å². The van der Waals surface area contributed by atoms with Gasteiger partial charge in [0.25, 0.3) is 0 Å². The first-order valence-corrected chi connectivity index (χ1v) is 11.8. The van der Waals surface area contributed by atoms with Crippen molar-refractivity contribution in [3.8, 4) is 11.5 Å². The van der Waals surface area contributed by atoms with Crippen LogP contribution in [-0.2, 0) is 16.0 Å². The molecule has 198 valence electrons. The number of amides is 1. The number of hydrogen-bond donors (Lipinski definition) is 3. The SMILES string of the molecule is Cc1cc(OC(=O)C(F)(F)F)ccc1C[C@H](N)C(=O)N[C@@H](CCCN)COc1cccc2ccccc12. The third-order valence-electron chi connectivity index (χ3n) is 5.83. The van der Waals surface area contributed by atoms with Gasteiger partial charge in [-0.15, -0.1) is 0 Å². The molecule has 0 aliphatic rings. The summed E-state index contributed by atoms with van der Waals surface area (Å²) in [7, 11) is 0. The van der Waals surface area contributed by atoms with Crippen LogP contribution in [0.1, 0.15) is 24.0 Å². The lowest BCUT2D eigenvalue weighted by Crippen LogP contribution is -2.48. The lowest BCUT2D eigenvalue weighted by atomic mass is 10.0. The quantitative estimate of drug-likeness (QED) is 0.263. The highest BCUT2D eigenvalue weighted by Crippen LogP contribution is 2.26. The number of nitrogens with one attached hydrogen (secondary N) is 1. The van der Waals surface area contributed by atoms with Crippen molar-refractivity contribution in [2.45, 2.75) is 44.4 Å². The molecule has 2 atom stereocenters. The Morgan fingerprint density at radius 1 is 1.05 bits per heavy atom. The van der Waals surface area contributed by atoms with Crippen molar-refractivity contribution >= 4 is 22.6 Å². The zero-order chi connectivity index (χ0) is 27.0. The highest BCUT2D eigenvalue weighted by Gasteiger charge is 2.41. The van der Waals surface area contributed by atoms with Crippen LogP contribution in [0.3, 0.4) is 0 Å².